The summed E-state index contributed by atoms with van der Waals surface area (Å²) < 4.78 is 41.7. The van der Waals surface area contributed by atoms with Crippen molar-refractivity contribution in [3.05, 3.63) is 29.6 Å². The molecule has 2 atom stereocenters. The molecule has 2 unspecified atom stereocenters. The first-order chi connectivity index (χ1) is 9.41. The topological polar surface area (TPSA) is 55.4 Å². The van der Waals surface area contributed by atoms with Crippen LogP contribution in [-0.4, -0.2) is 33.1 Å². The minimum absolute atomic E-state index is 0.0612. The van der Waals surface area contributed by atoms with Crippen molar-refractivity contribution in [2.24, 2.45) is 0 Å². The van der Waals surface area contributed by atoms with Crippen molar-refractivity contribution in [1.29, 1.82) is 0 Å². The summed E-state index contributed by atoms with van der Waals surface area (Å²) in [6, 6.07) is 4.63. The van der Waals surface area contributed by atoms with Crippen LogP contribution in [0, 0.1) is 5.82 Å². The fraction of sp³-hybridized carbons (Fsp3) is 0.571. The number of methoxy groups -OCH3 is 1. The van der Waals surface area contributed by atoms with Gasteiger partial charge in [0, 0.05) is 12.1 Å². The van der Waals surface area contributed by atoms with Crippen molar-refractivity contribution in [1.82, 2.24) is 5.32 Å². The summed E-state index contributed by atoms with van der Waals surface area (Å²) in [5.41, 5.74) is 0.784. The smallest absolute Gasteiger partial charge is 0.165 e. The second kappa shape index (κ2) is 6.10. The molecule has 2 rings (SSSR count). The number of ether oxygens (including phenoxy) is 1. The van der Waals surface area contributed by atoms with Gasteiger partial charge >= 0.3 is 0 Å². The average molecular weight is 301 g/mol. The Morgan fingerprint density at radius 2 is 2.20 bits per heavy atom. The number of nitrogens with one attached hydrogen (secondary N) is 1. The molecule has 1 saturated heterocycles. The van der Waals surface area contributed by atoms with Gasteiger partial charge < -0.3 is 10.1 Å². The van der Waals surface area contributed by atoms with E-state index in [1.54, 1.807) is 12.1 Å². The molecular formula is C14H20FNO3S. The Bertz CT molecular complexity index is 574. The van der Waals surface area contributed by atoms with Crippen molar-refractivity contribution in [3.63, 3.8) is 0 Å². The number of halogens is 1. The lowest BCUT2D eigenvalue weighted by Crippen LogP contribution is -2.41. The van der Waals surface area contributed by atoms with E-state index < -0.39 is 15.7 Å². The number of hydrogen-bond acceptors (Lipinski definition) is 4. The fourth-order valence-corrected chi connectivity index (χ4v) is 4.21. The van der Waals surface area contributed by atoms with Crippen LogP contribution in [0.2, 0.25) is 0 Å². The van der Waals surface area contributed by atoms with Crippen molar-refractivity contribution >= 4 is 9.84 Å². The molecule has 112 valence electrons. The zero-order valence-corrected chi connectivity index (χ0v) is 12.5. The van der Waals surface area contributed by atoms with Gasteiger partial charge in [0.05, 0.1) is 18.6 Å². The molecule has 1 aliphatic rings. The first kappa shape index (κ1) is 15.3. The zero-order chi connectivity index (χ0) is 14.8. The number of hydrogen-bond donors (Lipinski definition) is 1. The van der Waals surface area contributed by atoms with Crippen LogP contribution in [-0.2, 0) is 9.84 Å². The lowest BCUT2D eigenvalue weighted by atomic mass is 10.1. The van der Waals surface area contributed by atoms with Crippen molar-refractivity contribution in [2.45, 2.75) is 31.8 Å². The Hall–Kier alpha value is -1.14. The molecule has 0 saturated carbocycles. The molecule has 0 bridgehead atoms. The maximum Gasteiger partial charge on any atom is 0.165 e. The van der Waals surface area contributed by atoms with Gasteiger partial charge in [0.15, 0.2) is 21.4 Å². The Morgan fingerprint density at radius 3 is 2.80 bits per heavy atom. The molecule has 0 aromatic heterocycles. The van der Waals surface area contributed by atoms with E-state index >= 15 is 0 Å². The standard InChI is InChI=1S/C14H20FNO3S/c1-10(11-5-6-14(19-2)13(15)8-11)16-12-4-3-7-20(17,18)9-12/h5-6,8,10,12,16H,3-4,7,9H2,1-2H3. The van der Waals surface area contributed by atoms with E-state index in [0.717, 1.165) is 12.0 Å². The van der Waals surface area contributed by atoms with Crippen LogP contribution in [0.3, 0.4) is 0 Å². The van der Waals surface area contributed by atoms with Gasteiger partial charge in [0.1, 0.15) is 0 Å². The van der Waals surface area contributed by atoms with Gasteiger partial charge in [-0.1, -0.05) is 6.07 Å². The van der Waals surface area contributed by atoms with Crippen molar-refractivity contribution in [3.8, 4) is 5.75 Å². The largest absolute Gasteiger partial charge is 0.494 e. The summed E-state index contributed by atoms with van der Waals surface area (Å²) in [5.74, 6) is 0.239. The summed E-state index contributed by atoms with van der Waals surface area (Å²) in [7, 11) is -1.51. The highest BCUT2D eigenvalue weighted by atomic mass is 32.2. The SMILES string of the molecule is COc1ccc(C(C)NC2CCCS(=O)(=O)C2)cc1F. The van der Waals surface area contributed by atoms with E-state index in [9.17, 15) is 12.8 Å². The molecular weight excluding hydrogens is 281 g/mol. The van der Waals surface area contributed by atoms with Crippen LogP contribution < -0.4 is 10.1 Å². The molecule has 1 fully saturated rings. The van der Waals surface area contributed by atoms with Crippen LogP contribution in [0.4, 0.5) is 4.39 Å². The highest BCUT2D eigenvalue weighted by molar-refractivity contribution is 7.91. The Kier molecular flexibility index (Phi) is 4.65. The molecule has 20 heavy (non-hydrogen) atoms. The van der Waals surface area contributed by atoms with E-state index in [1.165, 1.54) is 13.2 Å². The predicted octanol–water partition coefficient (Wildman–Crippen LogP) is 2.06. The first-order valence-electron chi connectivity index (χ1n) is 6.71. The molecule has 1 aliphatic heterocycles. The quantitative estimate of drug-likeness (QED) is 0.925. The van der Waals surface area contributed by atoms with Crippen LogP contribution >= 0.6 is 0 Å². The summed E-state index contributed by atoms with van der Waals surface area (Å²) in [5, 5.41) is 3.27. The van der Waals surface area contributed by atoms with Crippen LogP contribution in [0.25, 0.3) is 0 Å². The van der Waals surface area contributed by atoms with Gasteiger partial charge in [0.2, 0.25) is 0 Å². The van der Waals surface area contributed by atoms with Crippen LogP contribution in [0.15, 0.2) is 18.2 Å². The Morgan fingerprint density at radius 1 is 1.45 bits per heavy atom. The van der Waals surface area contributed by atoms with Gasteiger partial charge in [-0.25, -0.2) is 12.8 Å². The third kappa shape index (κ3) is 3.70. The lowest BCUT2D eigenvalue weighted by molar-refractivity contribution is 0.384. The lowest BCUT2D eigenvalue weighted by Gasteiger charge is -2.27. The van der Waals surface area contributed by atoms with E-state index in [2.05, 4.69) is 5.32 Å². The third-order valence-corrected chi connectivity index (χ3v) is 5.45. The molecule has 0 amide bonds. The summed E-state index contributed by atoms with van der Waals surface area (Å²) in [4.78, 5) is 0. The van der Waals surface area contributed by atoms with E-state index in [1.807, 2.05) is 6.92 Å². The maximum absolute atomic E-state index is 13.7. The predicted molar refractivity (Wildman–Crippen MR) is 76.2 cm³/mol. The highest BCUT2D eigenvalue weighted by Gasteiger charge is 2.25. The van der Waals surface area contributed by atoms with E-state index in [4.69, 9.17) is 4.74 Å². The molecule has 0 spiro atoms. The van der Waals surface area contributed by atoms with Gasteiger partial charge in [-0.15, -0.1) is 0 Å². The van der Waals surface area contributed by atoms with E-state index in [-0.39, 0.29) is 29.3 Å². The van der Waals surface area contributed by atoms with Crippen molar-refractivity contribution in [2.75, 3.05) is 18.6 Å². The summed E-state index contributed by atoms with van der Waals surface area (Å²) in [6.45, 7) is 1.91. The van der Waals surface area contributed by atoms with Crippen molar-refractivity contribution < 1.29 is 17.5 Å². The number of benzene rings is 1. The molecule has 1 heterocycles. The molecule has 0 radical (unpaired) electrons. The van der Waals surface area contributed by atoms with Crippen LogP contribution in [0.5, 0.6) is 5.75 Å². The minimum Gasteiger partial charge on any atom is -0.494 e. The molecule has 4 nitrogen and oxygen atoms in total. The molecule has 1 N–H and O–H groups in total. The van der Waals surface area contributed by atoms with Gasteiger partial charge in [-0.3, -0.25) is 0 Å². The molecule has 6 heteroatoms. The Labute approximate surface area is 119 Å². The van der Waals surface area contributed by atoms with Gasteiger partial charge in [0.25, 0.3) is 0 Å². The maximum atomic E-state index is 13.7. The molecule has 1 aromatic rings. The van der Waals surface area contributed by atoms with Crippen LogP contribution in [0.1, 0.15) is 31.4 Å². The zero-order valence-electron chi connectivity index (χ0n) is 11.7. The van der Waals surface area contributed by atoms with Gasteiger partial charge in [-0.2, -0.15) is 0 Å². The van der Waals surface area contributed by atoms with Gasteiger partial charge in [-0.05, 0) is 37.5 Å². The molecule has 0 aliphatic carbocycles. The third-order valence-electron chi connectivity index (χ3n) is 3.62. The Balaban J connectivity index is 2.04. The summed E-state index contributed by atoms with van der Waals surface area (Å²) >= 11 is 0. The number of sulfone groups is 1. The first-order valence-corrected chi connectivity index (χ1v) is 8.53. The average Bonchev–Trinajstić information content (AvgIpc) is 2.37. The second-order valence-corrected chi connectivity index (χ2v) is 7.46. The normalized spacial score (nSPS) is 23.2. The summed E-state index contributed by atoms with van der Waals surface area (Å²) in [6.07, 6.45) is 1.52. The number of rotatable bonds is 4. The minimum atomic E-state index is -2.94. The highest BCUT2D eigenvalue weighted by Crippen LogP contribution is 2.23. The van der Waals surface area contributed by atoms with E-state index in [0.29, 0.717) is 6.42 Å². The monoisotopic (exact) mass is 301 g/mol. The molecule has 1 aromatic carbocycles. The fourth-order valence-electron chi connectivity index (χ4n) is 2.56. The second-order valence-electron chi connectivity index (χ2n) is 5.24.